The number of aromatic nitrogens is 2. The molecule has 10 heteroatoms. The van der Waals surface area contributed by atoms with Gasteiger partial charge in [0.2, 0.25) is 17.7 Å². The fraction of sp³-hybridized carbons (Fsp3) is 0.577. The van der Waals surface area contributed by atoms with Crippen LogP contribution < -0.4 is 10.6 Å². The molecule has 2 fully saturated rings. The molecule has 1 saturated heterocycles. The van der Waals surface area contributed by atoms with Gasteiger partial charge in [-0.15, -0.1) is 5.10 Å². The fourth-order valence-corrected chi connectivity index (χ4v) is 5.63. The van der Waals surface area contributed by atoms with Gasteiger partial charge in [0.25, 0.3) is 0 Å². The lowest BCUT2D eigenvalue weighted by atomic mass is 9.81. The molecule has 36 heavy (non-hydrogen) atoms. The Balaban J connectivity index is 1.50. The number of nitrogens with zero attached hydrogens (tertiary/aromatic N) is 3. The minimum Gasteiger partial charge on any atom is -0.393 e. The Labute approximate surface area is 215 Å². The van der Waals surface area contributed by atoms with Crippen molar-refractivity contribution in [2.75, 3.05) is 11.9 Å². The van der Waals surface area contributed by atoms with Gasteiger partial charge in [0.05, 0.1) is 6.10 Å². The van der Waals surface area contributed by atoms with Crippen LogP contribution in [0, 0.1) is 11.8 Å². The molecule has 1 aliphatic carbocycles. The molecule has 2 aliphatic rings. The van der Waals surface area contributed by atoms with Crippen molar-refractivity contribution in [3.05, 3.63) is 30.3 Å². The van der Waals surface area contributed by atoms with Crippen molar-refractivity contribution in [3.63, 3.8) is 0 Å². The van der Waals surface area contributed by atoms with Gasteiger partial charge in [0.1, 0.15) is 22.8 Å². The number of carbonyl (C=O) groups excluding carboxylic acids is 3. The Hall–Kier alpha value is -2.85. The van der Waals surface area contributed by atoms with E-state index in [1.54, 1.807) is 4.90 Å². The number of benzene rings is 1. The number of hydrogen-bond donors (Lipinski definition) is 3. The van der Waals surface area contributed by atoms with E-state index in [1.165, 1.54) is 0 Å². The van der Waals surface area contributed by atoms with Gasteiger partial charge in [-0.25, -0.2) is 0 Å². The molecule has 9 nitrogen and oxygen atoms in total. The molecule has 1 aliphatic heterocycles. The van der Waals surface area contributed by atoms with E-state index in [0.29, 0.717) is 62.2 Å². The molecule has 3 amide bonds. The molecule has 194 valence electrons. The predicted molar refractivity (Wildman–Crippen MR) is 138 cm³/mol. The van der Waals surface area contributed by atoms with Gasteiger partial charge in [-0.2, -0.15) is 0 Å². The summed E-state index contributed by atoms with van der Waals surface area (Å²) < 4.78 is 4.01. The number of aliphatic hydroxyl groups is 1. The van der Waals surface area contributed by atoms with Crippen LogP contribution in [0.5, 0.6) is 0 Å². The second-order valence-electron chi connectivity index (χ2n) is 9.86. The summed E-state index contributed by atoms with van der Waals surface area (Å²) in [6.07, 6.45) is 4.13. The molecular formula is C26H35N5O4S. The maximum atomic E-state index is 13.8. The zero-order chi connectivity index (χ0) is 25.7. The van der Waals surface area contributed by atoms with Gasteiger partial charge < -0.3 is 20.6 Å². The number of anilines is 1. The van der Waals surface area contributed by atoms with Crippen LogP contribution >= 0.6 is 11.5 Å². The van der Waals surface area contributed by atoms with Crippen LogP contribution in [-0.2, 0) is 14.4 Å². The third-order valence-corrected chi connectivity index (χ3v) is 8.09. The van der Waals surface area contributed by atoms with Crippen molar-refractivity contribution < 1.29 is 19.5 Å². The molecule has 1 aromatic heterocycles. The zero-order valence-corrected chi connectivity index (χ0v) is 21.7. The molecule has 0 bridgehead atoms. The number of nitrogens with one attached hydrogen (secondary N) is 2. The van der Waals surface area contributed by atoms with Gasteiger partial charge in [-0.1, -0.05) is 48.7 Å². The van der Waals surface area contributed by atoms with E-state index in [-0.39, 0.29) is 35.7 Å². The van der Waals surface area contributed by atoms with Crippen molar-refractivity contribution in [1.82, 2.24) is 19.8 Å². The Morgan fingerprint density at radius 3 is 2.56 bits per heavy atom. The van der Waals surface area contributed by atoms with E-state index in [2.05, 4.69) is 20.2 Å². The molecule has 2 heterocycles. The van der Waals surface area contributed by atoms with E-state index in [4.69, 9.17) is 0 Å². The summed E-state index contributed by atoms with van der Waals surface area (Å²) in [6, 6.07) is 8.20. The maximum Gasteiger partial charge on any atom is 0.247 e. The fourth-order valence-electron chi connectivity index (χ4n) is 5.03. The molecule has 4 rings (SSSR count). The number of amides is 3. The van der Waals surface area contributed by atoms with E-state index in [1.807, 2.05) is 44.2 Å². The van der Waals surface area contributed by atoms with Crippen LogP contribution in [0.25, 0.3) is 11.3 Å². The summed E-state index contributed by atoms with van der Waals surface area (Å²) in [6.45, 7) is 4.26. The number of carbonyl (C=O) groups is 3. The Kier molecular flexibility index (Phi) is 8.68. The van der Waals surface area contributed by atoms with Crippen molar-refractivity contribution in [2.45, 2.75) is 77.0 Å². The summed E-state index contributed by atoms with van der Waals surface area (Å²) in [5, 5.41) is 20.6. The lowest BCUT2D eigenvalue weighted by molar-refractivity contribution is -0.142. The highest BCUT2D eigenvalue weighted by atomic mass is 32.1. The van der Waals surface area contributed by atoms with Gasteiger partial charge >= 0.3 is 0 Å². The van der Waals surface area contributed by atoms with Gasteiger partial charge in [0.15, 0.2) is 0 Å². The Bertz CT molecular complexity index is 1050. The first kappa shape index (κ1) is 26.2. The minimum absolute atomic E-state index is 0.0615. The Morgan fingerprint density at radius 1 is 1.14 bits per heavy atom. The van der Waals surface area contributed by atoms with Gasteiger partial charge in [0, 0.05) is 29.6 Å². The summed E-state index contributed by atoms with van der Waals surface area (Å²) in [5.41, 5.74) is 1.46. The van der Waals surface area contributed by atoms with Crippen molar-refractivity contribution in [1.29, 1.82) is 0 Å². The standard InChI is InChI=1S/C26H35N5O4S/c1-3-16(2)23(33)27-22(18-11-13-19(32)14-12-18)26(35)31-15-7-10-20(31)24(34)28-25-21(29-30-36-25)17-8-5-4-6-9-17/h4-6,8-9,16,18-20,22,32H,3,7,10-15H2,1-2H3,(H,27,33)(H,28,34)/t16-,18?,19?,20+,22+/m1/s1. The molecule has 3 atom stereocenters. The van der Waals surface area contributed by atoms with E-state index >= 15 is 0 Å². The summed E-state index contributed by atoms with van der Waals surface area (Å²) in [4.78, 5) is 41.6. The molecule has 0 unspecified atom stereocenters. The van der Waals surface area contributed by atoms with Crippen LogP contribution in [-0.4, -0.2) is 62.0 Å². The topological polar surface area (TPSA) is 125 Å². The number of aliphatic hydroxyl groups excluding tert-OH is 1. The predicted octanol–water partition coefficient (Wildman–Crippen LogP) is 3.22. The smallest absolute Gasteiger partial charge is 0.247 e. The average molecular weight is 514 g/mol. The summed E-state index contributed by atoms with van der Waals surface area (Å²) >= 11 is 1.11. The number of hydrogen-bond acceptors (Lipinski definition) is 7. The van der Waals surface area contributed by atoms with Gasteiger partial charge in [-0.05, 0) is 50.9 Å². The van der Waals surface area contributed by atoms with Crippen LogP contribution in [0.15, 0.2) is 30.3 Å². The van der Waals surface area contributed by atoms with Crippen LogP contribution in [0.3, 0.4) is 0 Å². The molecule has 1 saturated carbocycles. The lowest BCUT2D eigenvalue weighted by Gasteiger charge is -2.36. The van der Waals surface area contributed by atoms with Crippen LogP contribution in [0.1, 0.15) is 58.8 Å². The molecule has 0 radical (unpaired) electrons. The normalized spacial score (nSPS) is 23.6. The Morgan fingerprint density at radius 2 is 1.86 bits per heavy atom. The van der Waals surface area contributed by atoms with E-state index in [0.717, 1.165) is 17.1 Å². The quantitative estimate of drug-likeness (QED) is 0.498. The molecule has 1 aromatic carbocycles. The first-order valence-corrected chi connectivity index (χ1v) is 13.6. The second kappa shape index (κ2) is 11.9. The second-order valence-corrected chi connectivity index (χ2v) is 10.6. The number of likely N-dealkylation sites (tertiary alicyclic amines) is 1. The lowest BCUT2D eigenvalue weighted by Crippen LogP contribution is -2.56. The first-order chi connectivity index (χ1) is 17.4. The van der Waals surface area contributed by atoms with Crippen LogP contribution in [0.2, 0.25) is 0 Å². The highest BCUT2D eigenvalue weighted by Crippen LogP contribution is 2.32. The zero-order valence-electron chi connectivity index (χ0n) is 20.9. The van der Waals surface area contributed by atoms with Gasteiger partial charge in [-0.3, -0.25) is 14.4 Å². The summed E-state index contributed by atoms with van der Waals surface area (Å²) in [5.74, 6) is -0.895. The largest absolute Gasteiger partial charge is 0.393 e. The van der Waals surface area contributed by atoms with E-state index < -0.39 is 12.1 Å². The van der Waals surface area contributed by atoms with Crippen molar-refractivity contribution >= 4 is 34.3 Å². The third kappa shape index (κ3) is 5.92. The monoisotopic (exact) mass is 513 g/mol. The minimum atomic E-state index is -0.697. The maximum absolute atomic E-state index is 13.8. The highest BCUT2D eigenvalue weighted by molar-refractivity contribution is 7.10. The molecule has 3 N–H and O–H groups in total. The SMILES string of the molecule is CC[C@@H](C)C(=O)N[C@H](C(=O)N1CCC[C@H]1C(=O)Nc1snnc1-c1ccccc1)C1CCC(O)CC1. The molecular weight excluding hydrogens is 478 g/mol. The average Bonchev–Trinajstić information content (AvgIpc) is 3.57. The van der Waals surface area contributed by atoms with Crippen LogP contribution in [0.4, 0.5) is 5.00 Å². The van der Waals surface area contributed by atoms with Crippen molar-refractivity contribution in [2.24, 2.45) is 11.8 Å². The number of rotatable bonds is 8. The first-order valence-electron chi connectivity index (χ1n) is 12.9. The highest BCUT2D eigenvalue weighted by Gasteiger charge is 2.41. The third-order valence-electron chi connectivity index (χ3n) is 7.45. The van der Waals surface area contributed by atoms with Crippen molar-refractivity contribution in [3.8, 4) is 11.3 Å². The molecule has 2 aromatic rings. The summed E-state index contributed by atoms with van der Waals surface area (Å²) in [7, 11) is 0. The van der Waals surface area contributed by atoms with E-state index in [9.17, 15) is 19.5 Å². The molecule has 0 spiro atoms.